The Labute approximate surface area is 379 Å². The van der Waals surface area contributed by atoms with Crippen LogP contribution in [0.4, 0.5) is 4.79 Å². The van der Waals surface area contributed by atoms with Gasteiger partial charge in [-0.1, -0.05) is 68.3 Å². The summed E-state index contributed by atoms with van der Waals surface area (Å²) in [6.45, 7) is 13.3. The zero-order chi connectivity index (χ0) is 43.6. The van der Waals surface area contributed by atoms with E-state index in [1.807, 2.05) is 22.5 Å². The van der Waals surface area contributed by atoms with E-state index in [1.165, 1.54) is 22.7 Å². The van der Waals surface area contributed by atoms with Crippen LogP contribution >= 0.6 is 43.5 Å². The Kier molecular flexibility index (Phi) is 20.0. The number of alkyl halides is 1. The van der Waals surface area contributed by atoms with Crippen LogP contribution in [0, 0.1) is 11.8 Å². The first-order chi connectivity index (χ1) is 29.5. The predicted molar refractivity (Wildman–Crippen MR) is 243 cm³/mol. The first kappa shape index (κ1) is 48.2. The number of nitrogens with two attached hydrogens (primary N) is 1. The van der Waals surface area contributed by atoms with Crippen LogP contribution in [0.3, 0.4) is 0 Å². The maximum atomic E-state index is 13.0. The molecule has 61 heavy (non-hydrogen) atoms. The number of carbonyl (C=O) groups is 3. The molecule has 2 aromatic carbocycles. The molecule has 1 aromatic heterocycles. The predicted octanol–water partition coefficient (Wildman–Crippen LogP) is 3.36. The molecule has 0 aliphatic carbocycles. The number of nitrogens with zero attached hydrogens (tertiary/aromatic N) is 7. The number of ether oxygens (including phenoxy) is 1. The number of hydrazone groups is 1. The van der Waals surface area contributed by atoms with Crippen molar-refractivity contribution in [1.29, 1.82) is 0 Å². The monoisotopic (exact) mass is 992 g/mol. The highest BCUT2D eigenvalue weighted by molar-refractivity contribution is 9.10. The molecule has 4 fully saturated rings. The van der Waals surface area contributed by atoms with Crippen LogP contribution in [0.25, 0.3) is 0 Å². The largest absolute Gasteiger partial charge is 0.452 e. The summed E-state index contributed by atoms with van der Waals surface area (Å²) in [4.78, 5) is 60.8. The molecule has 3 amide bonds. The number of benzene rings is 2. The molecule has 4 saturated heterocycles. The molecular formula is C41H59Br2ClN12O5. The minimum Gasteiger partial charge on any atom is -0.452 e. The summed E-state index contributed by atoms with van der Waals surface area (Å²) in [6.07, 6.45) is 3.05. The van der Waals surface area contributed by atoms with Crippen LogP contribution in [0.5, 0.6) is 0 Å². The van der Waals surface area contributed by atoms with Crippen molar-refractivity contribution < 1.29 is 19.1 Å². The van der Waals surface area contributed by atoms with Crippen molar-refractivity contribution in [2.75, 3.05) is 91.5 Å². The van der Waals surface area contributed by atoms with Crippen molar-refractivity contribution in [2.24, 2.45) is 22.7 Å². The lowest BCUT2D eigenvalue weighted by atomic mass is 9.95. The molecule has 0 bridgehead atoms. The number of piperazine rings is 2. The molecule has 4 aliphatic rings. The van der Waals surface area contributed by atoms with E-state index in [0.717, 1.165) is 122 Å². The van der Waals surface area contributed by atoms with Gasteiger partial charge in [-0.25, -0.2) is 20.1 Å². The zero-order valence-corrected chi connectivity index (χ0v) is 38.7. The SMILES string of the molecule is COC(=O)NN=C(N)CCl.O=C(C1CCN(Cc2n[nH]c(=O)[nH]2)CC1)N1CCN(Cc2ccccc2Br)CC1.O=C(C1CCNCC1)N1CCN(Cc2ccccc2Br)CC1. The first-order valence-corrected chi connectivity index (χ1v) is 22.9. The average Bonchev–Trinajstić information content (AvgIpc) is 3.71. The van der Waals surface area contributed by atoms with Gasteiger partial charge < -0.3 is 25.6 Å². The molecule has 334 valence electrons. The number of rotatable bonds is 10. The van der Waals surface area contributed by atoms with Crippen molar-refractivity contribution in [3.63, 3.8) is 0 Å². The number of hydrogen-bond acceptors (Lipinski definition) is 11. The van der Waals surface area contributed by atoms with Crippen LogP contribution in [-0.4, -0.2) is 155 Å². The minimum absolute atomic E-state index is 0.0734. The number of likely N-dealkylation sites (tertiary alicyclic amines) is 1. The molecule has 7 rings (SSSR count). The van der Waals surface area contributed by atoms with Gasteiger partial charge in [-0.3, -0.25) is 29.3 Å². The number of amidine groups is 1. The number of amides is 3. The summed E-state index contributed by atoms with van der Waals surface area (Å²) in [5.41, 5.74) is 9.46. The van der Waals surface area contributed by atoms with Crippen LogP contribution in [0.15, 0.2) is 67.4 Å². The molecule has 0 radical (unpaired) electrons. The Morgan fingerprint density at radius 2 is 1.25 bits per heavy atom. The molecule has 5 heterocycles. The van der Waals surface area contributed by atoms with E-state index in [0.29, 0.717) is 24.2 Å². The standard InChI is InChI=1S/C20H27BrN6O2.C17H24BrN3O.C4H8ClN3O2/c21-17-4-2-1-3-16(17)13-26-9-11-27(12-10-26)19(28)15-5-7-25(8-6-15)14-18-22-20(29)24-23-18;18-16-4-2-1-3-15(16)13-20-9-11-21(12-10-20)17(22)14-5-7-19-8-6-14;1-10-4(9)8-7-3(6)2-5/h1-4,15H,5-14H2,(H2,22,23,24,29);1-4,14,19H,5-13H2;2H2,1H3,(H2,6,7)(H,8,9). The van der Waals surface area contributed by atoms with Gasteiger partial charge in [0, 0.05) is 86.2 Å². The molecule has 20 heteroatoms. The summed E-state index contributed by atoms with van der Waals surface area (Å²) >= 11 is 12.5. The fourth-order valence-electron chi connectivity index (χ4n) is 7.70. The molecule has 6 N–H and O–H groups in total. The van der Waals surface area contributed by atoms with Gasteiger partial charge in [0.1, 0.15) is 11.7 Å². The molecule has 0 saturated carbocycles. The van der Waals surface area contributed by atoms with Crippen LogP contribution in [0.2, 0.25) is 0 Å². The topological polar surface area (TPSA) is 201 Å². The lowest BCUT2D eigenvalue weighted by Crippen LogP contribution is -2.51. The van der Waals surface area contributed by atoms with Crippen molar-refractivity contribution in [3.05, 3.63) is 84.9 Å². The third-order valence-electron chi connectivity index (χ3n) is 11.2. The van der Waals surface area contributed by atoms with E-state index >= 15 is 0 Å². The number of halogens is 3. The number of aromatic nitrogens is 3. The second-order valence-corrected chi connectivity index (χ2v) is 17.4. The Hall–Kier alpha value is -3.85. The lowest BCUT2D eigenvalue weighted by Gasteiger charge is -2.38. The van der Waals surface area contributed by atoms with Gasteiger partial charge in [0.25, 0.3) is 0 Å². The Balaban J connectivity index is 0.000000194. The maximum absolute atomic E-state index is 13.0. The number of carbonyl (C=O) groups excluding carboxylic acids is 3. The molecule has 3 aromatic rings. The number of H-pyrrole nitrogens is 2. The maximum Gasteiger partial charge on any atom is 0.427 e. The number of methoxy groups -OCH3 is 1. The number of aromatic amines is 2. The summed E-state index contributed by atoms with van der Waals surface area (Å²) in [7, 11) is 1.22. The molecule has 0 atom stereocenters. The van der Waals surface area contributed by atoms with E-state index < -0.39 is 6.09 Å². The van der Waals surface area contributed by atoms with Gasteiger partial charge in [0.2, 0.25) is 11.8 Å². The highest BCUT2D eigenvalue weighted by Crippen LogP contribution is 2.24. The van der Waals surface area contributed by atoms with Crippen LogP contribution in [-0.2, 0) is 34.0 Å². The second kappa shape index (κ2) is 25.3. The number of nitrogens with one attached hydrogen (secondary N) is 4. The Morgan fingerprint density at radius 3 is 1.69 bits per heavy atom. The highest BCUT2D eigenvalue weighted by atomic mass is 79.9. The van der Waals surface area contributed by atoms with E-state index in [1.54, 1.807) is 0 Å². The molecule has 17 nitrogen and oxygen atoms in total. The van der Waals surface area contributed by atoms with Gasteiger partial charge in [-0.15, -0.1) is 11.6 Å². The van der Waals surface area contributed by atoms with E-state index in [4.69, 9.17) is 17.3 Å². The molecule has 0 unspecified atom stereocenters. The van der Waals surface area contributed by atoms with Gasteiger partial charge in [-0.2, -0.15) is 10.2 Å². The van der Waals surface area contributed by atoms with Crippen molar-refractivity contribution in [1.82, 2.24) is 50.4 Å². The molecular weight excluding hydrogens is 936 g/mol. The molecule has 4 aliphatic heterocycles. The average molecular weight is 995 g/mol. The fraction of sp³-hybridized carbons (Fsp3) is 0.561. The first-order valence-electron chi connectivity index (χ1n) is 20.8. The van der Waals surface area contributed by atoms with E-state index in [9.17, 15) is 19.2 Å². The van der Waals surface area contributed by atoms with Gasteiger partial charge in [-0.05, 0) is 75.1 Å². The minimum atomic E-state index is -0.673. The van der Waals surface area contributed by atoms with Crippen molar-refractivity contribution in [3.8, 4) is 0 Å². The highest BCUT2D eigenvalue weighted by Gasteiger charge is 2.31. The van der Waals surface area contributed by atoms with Crippen molar-refractivity contribution >= 4 is 67.2 Å². The number of piperidine rings is 2. The second-order valence-electron chi connectivity index (χ2n) is 15.4. The van der Waals surface area contributed by atoms with Gasteiger partial charge in [0.05, 0.1) is 19.5 Å². The summed E-state index contributed by atoms with van der Waals surface area (Å²) < 4.78 is 6.50. The van der Waals surface area contributed by atoms with E-state index in [-0.39, 0.29) is 29.2 Å². The quantitative estimate of drug-likeness (QED) is 0.0864. The summed E-state index contributed by atoms with van der Waals surface area (Å²) in [6, 6.07) is 16.7. The third-order valence-corrected chi connectivity index (χ3v) is 13.1. The normalized spacial score (nSPS) is 18.7. The fourth-order valence-corrected chi connectivity index (χ4v) is 8.58. The lowest BCUT2D eigenvalue weighted by molar-refractivity contribution is -0.139. The van der Waals surface area contributed by atoms with Crippen molar-refractivity contribution in [2.45, 2.75) is 45.3 Å². The van der Waals surface area contributed by atoms with E-state index in [2.05, 4.69) is 118 Å². The van der Waals surface area contributed by atoms with Crippen LogP contribution in [0.1, 0.15) is 42.6 Å². The number of hydrogen-bond donors (Lipinski definition) is 5. The molecule has 0 spiro atoms. The zero-order valence-electron chi connectivity index (χ0n) is 34.8. The summed E-state index contributed by atoms with van der Waals surface area (Å²) in [5.74, 6) is 1.90. The Morgan fingerprint density at radius 1 is 0.770 bits per heavy atom. The van der Waals surface area contributed by atoms with Crippen LogP contribution < -0.4 is 22.2 Å². The Bertz CT molecular complexity index is 1920. The third kappa shape index (κ3) is 15.8. The summed E-state index contributed by atoms with van der Waals surface area (Å²) in [5, 5.41) is 13.0. The van der Waals surface area contributed by atoms with Gasteiger partial charge >= 0.3 is 11.8 Å². The van der Waals surface area contributed by atoms with Gasteiger partial charge in [0.15, 0.2) is 0 Å². The smallest absolute Gasteiger partial charge is 0.427 e.